The van der Waals surface area contributed by atoms with Crippen LogP contribution in [0.4, 0.5) is 0 Å². The van der Waals surface area contributed by atoms with Gasteiger partial charge in [0.1, 0.15) is 5.82 Å². The Labute approximate surface area is 174 Å². The van der Waals surface area contributed by atoms with E-state index in [-0.39, 0.29) is 0 Å². The van der Waals surface area contributed by atoms with E-state index < -0.39 is 0 Å². The number of halogens is 1. The molecule has 3 aromatic carbocycles. The van der Waals surface area contributed by atoms with E-state index in [0.717, 1.165) is 35.0 Å². The minimum absolute atomic E-state index is 0.700. The number of nitrogens with zero attached hydrogens (tertiary/aromatic N) is 2. The summed E-state index contributed by atoms with van der Waals surface area (Å²) in [6, 6.07) is 24.7. The molecule has 2 N–H and O–H groups in total. The van der Waals surface area contributed by atoms with Crippen LogP contribution >= 0.6 is 11.6 Å². The van der Waals surface area contributed by atoms with Crippen LogP contribution in [0.2, 0.25) is 5.02 Å². The van der Waals surface area contributed by atoms with Gasteiger partial charge in [0.25, 0.3) is 0 Å². The molecule has 0 aliphatic rings. The lowest BCUT2D eigenvalue weighted by molar-refractivity contribution is 0.670. The molecule has 0 spiro atoms. The van der Waals surface area contributed by atoms with Crippen LogP contribution in [-0.2, 0) is 19.6 Å². The molecule has 5 rings (SSSR count). The van der Waals surface area contributed by atoms with E-state index in [1.165, 1.54) is 22.0 Å². The van der Waals surface area contributed by atoms with Crippen LogP contribution in [0.15, 0.2) is 79.0 Å². The Morgan fingerprint density at radius 1 is 0.897 bits per heavy atom. The molecule has 5 heteroatoms. The average Bonchev–Trinajstić information content (AvgIpc) is 3.31. The van der Waals surface area contributed by atoms with Gasteiger partial charge in [0, 0.05) is 35.2 Å². The number of fused-ring (bicyclic) bond motifs is 2. The first kappa shape index (κ1) is 18.0. The molecule has 0 saturated carbocycles. The highest BCUT2D eigenvalue weighted by Crippen LogP contribution is 2.23. The van der Waals surface area contributed by atoms with Gasteiger partial charge in [0.2, 0.25) is 0 Å². The molecule has 2 heterocycles. The smallest absolute Gasteiger partial charge is 0.121 e. The number of hydrogen-bond acceptors (Lipinski definition) is 2. The zero-order valence-electron chi connectivity index (χ0n) is 15.9. The van der Waals surface area contributed by atoms with E-state index in [0.29, 0.717) is 6.54 Å². The van der Waals surface area contributed by atoms with Crippen molar-refractivity contribution in [3.05, 3.63) is 101 Å². The number of para-hydroxylation sites is 3. The van der Waals surface area contributed by atoms with E-state index in [9.17, 15) is 0 Å². The van der Waals surface area contributed by atoms with Gasteiger partial charge in [-0.15, -0.1) is 0 Å². The summed E-state index contributed by atoms with van der Waals surface area (Å²) >= 11 is 6.02. The van der Waals surface area contributed by atoms with Crippen molar-refractivity contribution in [2.75, 3.05) is 0 Å². The van der Waals surface area contributed by atoms with Crippen molar-refractivity contribution in [1.29, 1.82) is 0 Å². The Hall–Kier alpha value is -3.08. The molecule has 0 aliphatic heterocycles. The standard InChI is InChI=1S/C24H21ClN4/c25-19-11-9-17(10-12-19)15-29-16-18(20-5-1-4-8-23(20)29)13-26-14-24-27-21-6-2-3-7-22(21)28-24/h1-12,16,26H,13-15H2,(H,27,28). The van der Waals surface area contributed by atoms with E-state index in [1.54, 1.807) is 0 Å². The van der Waals surface area contributed by atoms with Crippen LogP contribution in [0.5, 0.6) is 0 Å². The van der Waals surface area contributed by atoms with Gasteiger partial charge >= 0.3 is 0 Å². The predicted molar refractivity (Wildman–Crippen MR) is 119 cm³/mol. The second-order valence-corrected chi connectivity index (χ2v) is 7.67. The van der Waals surface area contributed by atoms with Gasteiger partial charge < -0.3 is 14.9 Å². The van der Waals surface area contributed by atoms with Gasteiger partial charge in [-0.05, 0) is 41.5 Å². The highest BCUT2D eigenvalue weighted by molar-refractivity contribution is 6.30. The Morgan fingerprint density at radius 3 is 2.55 bits per heavy atom. The minimum atomic E-state index is 0.700. The van der Waals surface area contributed by atoms with E-state index in [4.69, 9.17) is 11.6 Å². The monoisotopic (exact) mass is 400 g/mol. The Kier molecular flexibility index (Phi) is 4.80. The Morgan fingerprint density at radius 2 is 1.69 bits per heavy atom. The molecule has 0 fully saturated rings. The van der Waals surface area contributed by atoms with Gasteiger partial charge in [-0.1, -0.05) is 54.1 Å². The first-order chi connectivity index (χ1) is 14.3. The predicted octanol–water partition coefficient (Wildman–Crippen LogP) is 5.51. The van der Waals surface area contributed by atoms with Crippen molar-refractivity contribution in [2.24, 2.45) is 0 Å². The van der Waals surface area contributed by atoms with Gasteiger partial charge in [0.15, 0.2) is 0 Å². The van der Waals surface area contributed by atoms with E-state index >= 15 is 0 Å². The molecule has 5 aromatic rings. The first-order valence-corrected chi connectivity index (χ1v) is 10.1. The Bertz CT molecular complexity index is 1230. The summed E-state index contributed by atoms with van der Waals surface area (Å²) in [6.07, 6.45) is 2.24. The lowest BCUT2D eigenvalue weighted by atomic mass is 10.2. The Balaban J connectivity index is 1.34. The SMILES string of the molecule is Clc1ccc(Cn2cc(CNCc3nc4ccccc4[nH]3)c3ccccc32)cc1. The maximum atomic E-state index is 6.02. The van der Waals surface area contributed by atoms with Gasteiger partial charge in [0.05, 0.1) is 17.6 Å². The largest absolute Gasteiger partial charge is 0.343 e. The highest BCUT2D eigenvalue weighted by Gasteiger charge is 2.09. The summed E-state index contributed by atoms with van der Waals surface area (Å²) < 4.78 is 2.30. The van der Waals surface area contributed by atoms with Crippen molar-refractivity contribution in [3.8, 4) is 0 Å². The van der Waals surface area contributed by atoms with Crippen molar-refractivity contribution in [2.45, 2.75) is 19.6 Å². The topological polar surface area (TPSA) is 45.6 Å². The van der Waals surface area contributed by atoms with Gasteiger partial charge in [-0.25, -0.2) is 4.98 Å². The molecule has 2 aromatic heterocycles. The van der Waals surface area contributed by atoms with Crippen LogP contribution in [0.25, 0.3) is 21.9 Å². The van der Waals surface area contributed by atoms with Gasteiger partial charge in [-0.3, -0.25) is 0 Å². The summed E-state index contributed by atoms with van der Waals surface area (Å²) in [5.41, 5.74) is 5.83. The summed E-state index contributed by atoms with van der Waals surface area (Å²) in [4.78, 5) is 8.01. The number of aromatic nitrogens is 3. The van der Waals surface area contributed by atoms with Gasteiger partial charge in [-0.2, -0.15) is 0 Å². The molecule has 0 bridgehead atoms. The third-order valence-corrected chi connectivity index (χ3v) is 5.44. The minimum Gasteiger partial charge on any atom is -0.343 e. The fraction of sp³-hybridized carbons (Fsp3) is 0.125. The van der Waals surface area contributed by atoms with Crippen LogP contribution < -0.4 is 5.32 Å². The second-order valence-electron chi connectivity index (χ2n) is 7.23. The quantitative estimate of drug-likeness (QED) is 0.394. The molecule has 144 valence electrons. The maximum Gasteiger partial charge on any atom is 0.121 e. The van der Waals surface area contributed by atoms with E-state index in [2.05, 4.69) is 68.5 Å². The first-order valence-electron chi connectivity index (χ1n) is 9.72. The van der Waals surface area contributed by atoms with Crippen LogP contribution in [0.1, 0.15) is 17.0 Å². The number of aromatic amines is 1. The van der Waals surface area contributed by atoms with Crippen molar-refractivity contribution < 1.29 is 0 Å². The zero-order chi connectivity index (χ0) is 19.6. The number of imidazole rings is 1. The maximum absolute atomic E-state index is 6.02. The lowest BCUT2D eigenvalue weighted by Crippen LogP contribution is -2.13. The lowest BCUT2D eigenvalue weighted by Gasteiger charge is -2.05. The van der Waals surface area contributed by atoms with Crippen LogP contribution in [-0.4, -0.2) is 14.5 Å². The normalized spacial score (nSPS) is 11.5. The number of hydrogen-bond donors (Lipinski definition) is 2. The summed E-state index contributed by atoms with van der Waals surface area (Å²) in [6.45, 7) is 2.30. The molecular formula is C24H21ClN4. The van der Waals surface area contributed by atoms with Crippen LogP contribution in [0, 0.1) is 0 Å². The molecule has 4 nitrogen and oxygen atoms in total. The number of benzene rings is 3. The van der Waals surface area contributed by atoms with Crippen molar-refractivity contribution in [1.82, 2.24) is 19.9 Å². The zero-order valence-corrected chi connectivity index (χ0v) is 16.7. The third kappa shape index (κ3) is 3.77. The molecule has 29 heavy (non-hydrogen) atoms. The van der Waals surface area contributed by atoms with Crippen LogP contribution in [0.3, 0.4) is 0 Å². The molecular weight excluding hydrogens is 380 g/mol. The van der Waals surface area contributed by atoms with Crippen molar-refractivity contribution in [3.63, 3.8) is 0 Å². The summed E-state index contributed by atoms with van der Waals surface area (Å²) in [5.74, 6) is 0.955. The summed E-state index contributed by atoms with van der Waals surface area (Å²) in [5, 5.41) is 5.57. The highest BCUT2D eigenvalue weighted by atomic mass is 35.5. The molecule has 0 unspecified atom stereocenters. The fourth-order valence-electron chi connectivity index (χ4n) is 3.79. The molecule has 0 saturated heterocycles. The molecule has 0 radical (unpaired) electrons. The van der Waals surface area contributed by atoms with Crippen molar-refractivity contribution >= 4 is 33.5 Å². The number of H-pyrrole nitrogens is 1. The second kappa shape index (κ2) is 7.74. The molecule has 0 atom stereocenters. The molecule has 0 aliphatic carbocycles. The number of rotatable bonds is 6. The van der Waals surface area contributed by atoms with E-state index in [1.807, 2.05) is 30.3 Å². The third-order valence-electron chi connectivity index (χ3n) is 5.18. The molecule has 0 amide bonds. The fourth-order valence-corrected chi connectivity index (χ4v) is 3.91. The number of nitrogens with one attached hydrogen (secondary N) is 2. The summed E-state index contributed by atoms with van der Waals surface area (Å²) in [7, 11) is 0. The average molecular weight is 401 g/mol.